The highest BCUT2D eigenvalue weighted by Crippen LogP contribution is 2.37. The molecule has 64 heavy (non-hydrogen) atoms. The average Bonchev–Trinajstić information content (AvgIpc) is 3.27. The predicted molar refractivity (Wildman–Crippen MR) is 241 cm³/mol. The number of Topliss-reactive ketones (excluding diaryl/α,β-unsaturated/α-hetero) is 3. The van der Waals surface area contributed by atoms with Crippen LogP contribution in [0.2, 0.25) is 0 Å². The Kier molecular flexibility index (Phi) is 20.8. The third-order valence-electron chi connectivity index (χ3n) is 14.2. The molecule has 0 aromatic heterocycles. The molecule has 3 aliphatic heterocycles. The molecular weight excluding hydrogens is 823 g/mol. The van der Waals surface area contributed by atoms with Gasteiger partial charge in [-0.15, -0.1) is 0 Å². The number of fused-ring (bicyclic) bond motifs is 3. The Bertz CT molecular complexity index is 1720. The van der Waals surface area contributed by atoms with Crippen LogP contribution < -0.4 is 0 Å². The Hall–Kier alpha value is -3.37. The van der Waals surface area contributed by atoms with Gasteiger partial charge in [0.15, 0.2) is 5.78 Å². The number of cyclic esters (lactones) is 1. The fourth-order valence-electron chi connectivity index (χ4n) is 9.73. The van der Waals surface area contributed by atoms with Crippen LogP contribution >= 0.6 is 0 Å². The van der Waals surface area contributed by atoms with Crippen molar-refractivity contribution in [1.29, 1.82) is 0 Å². The number of hydrogen-bond donors (Lipinski definition) is 3. The van der Waals surface area contributed by atoms with Crippen LogP contribution in [0.15, 0.2) is 47.6 Å². The van der Waals surface area contributed by atoms with Crippen molar-refractivity contribution in [3.05, 3.63) is 47.6 Å². The number of rotatable bonds is 6. The molecule has 1 amide bonds. The van der Waals surface area contributed by atoms with Crippen LogP contribution in [0.25, 0.3) is 0 Å². The molecule has 0 spiro atoms. The minimum atomic E-state index is -2.43. The molecule has 360 valence electrons. The first kappa shape index (κ1) is 53.2. The number of methoxy groups -OCH3 is 3. The van der Waals surface area contributed by atoms with Crippen molar-refractivity contribution in [2.45, 2.75) is 180 Å². The third kappa shape index (κ3) is 14.1. The Morgan fingerprint density at radius 2 is 1.58 bits per heavy atom. The Morgan fingerprint density at radius 1 is 0.844 bits per heavy atom. The van der Waals surface area contributed by atoms with E-state index < -0.39 is 77.9 Å². The van der Waals surface area contributed by atoms with Crippen molar-refractivity contribution in [2.75, 3.05) is 27.9 Å². The van der Waals surface area contributed by atoms with Crippen molar-refractivity contribution >= 4 is 29.2 Å². The summed E-state index contributed by atoms with van der Waals surface area (Å²) in [5.74, 6) is -7.48. The molecule has 0 unspecified atom stereocenters. The molecule has 14 nitrogen and oxygen atoms in total. The highest BCUT2D eigenvalue weighted by molar-refractivity contribution is 6.39. The van der Waals surface area contributed by atoms with E-state index in [2.05, 4.69) is 0 Å². The molecule has 14 atom stereocenters. The molecule has 0 aromatic rings. The summed E-state index contributed by atoms with van der Waals surface area (Å²) in [6.07, 6.45) is 11.4. The summed E-state index contributed by atoms with van der Waals surface area (Å²) in [6, 6.07) is -1.14. The summed E-state index contributed by atoms with van der Waals surface area (Å²) in [7, 11) is 4.51. The first-order valence-electron chi connectivity index (χ1n) is 23.5. The van der Waals surface area contributed by atoms with E-state index >= 15 is 0 Å². The van der Waals surface area contributed by atoms with Crippen LogP contribution in [0.3, 0.4) is 0 Å². The molecule has 3 fully saturated rings. The van der Waals surface area contributed by atoms with Crippen LogP contribution in [0, 0.1) is 29.6 Å². The lowest BCUT2D eigenvalue weighted by Gasteiger charge is -2.42. The third-order valence-corrected chi connectivity index (χ3v) is 14.2. The van der Waals surface area contributed by atoms with Crippen LogP contribution in [0.4, 0.5) is 0 Å². The number of carbonyl (C=O) groups excluding carboxylic acids is 5. The first-order valence-corrected chi connectivity index (χ1v) is 23.5. The molecule has 1 aliphatic carbocycles. The number of amides is 1. The molecule has 2 bridgehead atoms. The summed E-state index contributed by atoms with van der Waals surface area (Å²) >= 11 is 0. The van der Waals surface area contributed by atoms with Crippen molar-refractivity contribution < 1.29 is 63.0 Å². The van der Waals surface area contributed by atoms with Crippen molar-refractivity contribution in [3.8, 4) is 0 Å². The summed E-state index contributed by atoms with van der Waals surface area (Å²) in [4.78, 5) is 71.3. The fourth-order valence-corrected chi connectivity index (χ4v) is 9.73. The van der Waals surface area contributed by atoms with E-state index in [-0.39, 0.29) is 61.2 Å². The number of aliphatic hydroxyl groups is 3. The monoisotopic (exact) mass is 900 g/mol. The van der Waals surface area contributed by atoms with Gasteiger partial charge in [-0.1, -0.05) is 64.2 Å². The van der Waals surface area contributed by atoms with E-state index in [0.717, 1.165) is 12.0 Å². The van der Waals surface area contributed by atoms with Crippen molar-refractivity contribution in [1.82, 2.24) is 4.90 Å². The van der Waals surface area contributed by atoms with Gasteiger partial charge in [-0.25, -0.2) is 4.79 Å². The maximum absolute atomic E-state index is 14.3. The zero-order valence-electron chi connectivity index (χ0n) is 39.7. The summed E-state index contributed by atoms with van der Waals surface area (Å²) in [5.41, 5.74) is 1.27. The van der Waals surface area contributed by atoms with Crippen molar-refractivity contribution in [2.24, 2.45) is 29.6 Å². The van der Waals surface area contributed by atoms with Gasteiger partial charge in [-0.3, -0.25) is 19.2 Å². The van der Waals surface area contributed by atoms with E-state index in [1.807, 2.05) is 51.2 Å². The number of piperidine rings is 1. The Labute approximate surface area is 380 Å². The highest BCUT2D eigenvalue weighted by atomic mass is 16.6. The SMILES string of the molecule is CO[C@H]1C[C@@H]2CC[C@@H](C)[C@](O)(O2)C(=O)C(=O)N2CCCC[C@H]2C(=O)O[C@H]([C@H](C)C[C@@H]2CC[C@@H](O)[C@H](OC)C2)CC(=O)[C@H](C)/C=C(\C)[C@@H](O)[C@@H](OC)C(=O)CC[C@H](C)/C=C/C=C/C=C/1C. The normalized spacial score (nSPS) is 39.7. The van der Waals surface area contributed by atoms with Gasteiger partial charge in [-0.05, 0) is 107 Å². The van der Waals surface area contributed by atoms with E-state index in [0.29, 0.717) is 63.4 Å². The zero-order valence-corrected chi connectivity index (χ0v) is 39.7. The molecule has 14 heteroatoms. The second-order valence-corrected chi connectivity index (χ2v) is 19.1. The van der Waals surface area contributed by atoms with Gasteiger partial charge in [0.1, 0.15) is 30.1 Å². The van der Waals surface area contributed by atoms with Crippen LogP contribution in [0.5, 0.6) is 0 Å². The van der Waals surface area contributed by atoms with E-state index in [1.54, 1.807) is 41.1 Å². The predicted octanol–water partition coefficient (Wildman–Crippen LogP) is 5.93. The van der Waals surface area contributed by atoms with Crippen LogP contribution in [-0.2, 0) is 47.7 Å². The number of esters is 1. The molecule has 4 aliphatic rings. The van der Waals surface area contributed by atoms with Crippen LogP contribution in [-0.4, -0.2) is 132 Å². The molecule has 1 saturated carbocycles. The van der Waals surface area contributed by atoms with Crippen LogP contribution in [0.1, 0.15) is 125 Å². The summed E-state index contributed by atoms with van der Waals surface area (Å²) < 4.78 is 29.3. The lowest BCUT2D eigenvalue weighted by molar-refractivity contribution is -0.265. The van der Waals surface area contributed by atoms with E-state index in [1.165, 1.54) is 12.0 Å². The largest absolute Gasteiger partial charge is 0.460 e. The topological polar surface area (TPSA) is 195 Å². The van der Waals surface area contributed by atoms with Gasteiger partial charge < -0.3 is 43.9 Å². The maximum Gasteiger partial charge on any atom is 0.329 e. The van der Waals surface area contributed by atoms with Gasteiger partial charge in [0.25, 0.3) is 11.7 Å². The number of ketones is 3. The molecule has 4 rings (SSSR count). The molecule has 3 N–H and O–H groups in total. The Morgan fingerprint density at radius 3 is 2.27 bits per heavy atom. The van der Waals surface area contributed by atoms with Crippen molar-refractivity contribution in [3.63, 3.8) is 0 Å². The lowest BCUT2D eigenvalue weighted by atomic mass is 9.78. The second-order valence-electron chi connectivity index (χ2n) is 19.1. The zero-order chi connectivity index (χ0) is 47.3. The minimum absolute atomic E-state index is 0.0425. The quantitative estimate of drug-likeness (QED) is 0.161. The number of carbonyl (C=O) groups is 5. The fraction of sp³-hybridized carbons (Fsp3) is 0.740. The number of ether oxygens (including phenoxy) is 5. The standard InChI is InChI=1S/C50H77NO13/c1-30-15-11-10-12-16-31(2)42(60-7)28-37-21-19-35(6)50(59,64-37)47(56)48(57)51-24-14-13-17-38(51)49(58)63-43(33(4)26-36-20-23-39(52)44(27-36)61-8)29-41(54)32(3)25-34(5)45(55)46(62-9)40(53)22-18-30/h10-12,15-16,25,30,32-33,35-39,42-46,52,55,59H,13-14,17-24,26-29H2,1-9H3/b12-10+,15-11+,31-16+,34-25+/t30-,32-,33-,35-,36+,37+,38+,39-,42+,43+,44-,45-,46+,50+/m1/s1. The lowest BCUT2D eigenvalue weighted by Crippen LogP contribution is -2.61. The summed E-state index contributed by atoms with van der Waals surface area (Å²) in [6.45, 7) is 10.9. The van der Waals surface area contributed by atoms with Gasteiger partial charge in [0.05, 0.1) is 24.4 Å². The average molecular weight is 900 g/mol. The highest BCUT2D eigenvalue weighted by Gasteiger charge is 2.53. The number of hydrogen-bond acceptors (Lipinski definition) is 13. The van der Waals surface area contributed by atoms with E-state index in [4.69, 9.17) is 23.7 Å². The minimum Gasteiger partial charge on any atom is -0.460 e. The van der Waals surface area contributed by atoms with Gasteiger partial charge in [-0.2, -0.15) is 0 Å². The molecule has 0 radical (unpaired) electrons. The number of allylic oxidation sites excluding steroid dienone is 6. The van der Waals surface area contributed by atoms with E-state index in [9.17, 15) is 39.3 Å². The molecular formula is C50H77NO13. The van der Waals surface area contributed by atoms with Gasteiger partial charge in [0.2, 0.25) is 5.79 Å². The first-order chi connectivity index (χ1) is 30.3. The van der Waals surface area contributed by atoms with Gasteiger partial charge in [0, 0.05) is 59.0 Å². The number of aliphatic hydroxyl groups excluding tert-OH is 2. The molecule has 2 saturated heterocycles. The Balaban J connectivity index is 1.68. The second kappa shape index (κ2) is 25.0. The van der Waals surface area contributed by atoms with Gasteiger partial charge >= 0.3 is 5.97 Å². The number of nitrogens with zero attached hydrogens (tertiary/aromatic N) is 1. The molecule has 0 aromatic carbocycles. The smallest absolute Gasteiger partial charge is 0.329 e. The molecule has 3 heterocycles. The summed E-state index contributed by atoms with van der Waals surface area (Å²) in [5, 5.41) is 33.7. The maximum atomic E-state index is 14.3.